The lowest BCUT2D eigenvalue weighted by Gasteiger charge is -2.15. The Morgan fingerprint density at radius 2 is 2.50 bits per heavy atom. The summed E-state index contributed by atoms with van der Waals surface area (Å²) in [5, 5.41) is 0. The lowest BCUT2D eigenvalue weighted by atomic mass is 10.0. The first-order chi connectivity index (χ1) is 5.86. The van der Waals surface area contributed by atoms with Crippen molar-refractivity contribution in [2.75, 3.05) is 0 Å². The molecule has 0 bridgehead atoms. The molecule has 64 valence electrons. The van der Waals surface area contributed by atoms with Gasteiger partial charge >= 0.3 is 0 Å². The Kier molecular flexibility index (Phi) is 1.98. The SMILES string of the molecule is CC1CCCC(c2ccco2)=N1. The van der Waals surface area contributed by atoms with Crippen LogP contribution in [0.15, 0.2) is 27.8 Å². The smallest absolute Gasteiger partial charge is 0.147 e. The molecule has 0 aliphatic carbocycles. The van der Waals surface area contributed by atoms with Crippen molar-refractivity contribution in [3.05, 3.63) is 24.2 Å². The molecule has 0 amide bonds. The first-order valence-electron chi connectivity index (χ1n) is 4.47. The Hall–Kier alpha value is -1.05. The van der Waals surface area contributed by atoms with E-state index in [9.17, 15) is 0 Å². The summed E-state index contributed by atoms with van der Waals surface area (Å²) < 4.78 is 5.29. The van der Waals surface area contributed by atoms with E-state index in [1.54, 1.807) is 6.26 Å². The minimum absolute atomic E-state index is 0.471. The third-order valence-corrected chi connectivity index (χ3v) is 2.22. The second-order valence-electron chi connectivity index (χ2n) is 3.29. The molecule has 2 heterocycles. The molecular weight excluding hydrogens is 150 g/mol. The average Bonchev–Trinajstić information content (AvgIpc) is 2.56. The van der Waals surface area contributed by atoms with Gasteiger partial charge < -0.3 is 4.42 Å². The summed E-state index contributed by atoms with van der Waals surface area (Å²) >= 11 is 0. The van der Waals surface area contributed by atoms with Gasteiger partial charge in [0.25, 0.3) is 0 Å². The van der Waals surface area contributed by atoms with E-state index in [0.29, 0.717) is 6.04 Å². The number of aliphatic imine (C=N–C) groups is 1. The zero-order chi connectivity index (χ0) is 8.39. The van der Waals surface area contributed by atoms with Crippen LogP contribution in [0.1, 0.15) is 31.9 Å². The Morgan fingerprint density at radius 1 is 1.58 bits per heavy atom. The molecule has 2 nitrogen and oxygen atoms in total. The molecule has 0 saturated carbocycles. The monoisotopic (exact) mass is 163 g/mol. The lowest BCUT2D eigenvalue weighted by Crippen LogP contribution is -2.12. The molecule has 0 N–H and O–H groups in total. The van der Waals surface area contributed by atoms with Gasteiger partial charge in [-0.25, -0.2) is 0 Å². The van der Waals surface area contributed by atoms with Gasteiger partial charge in [-0.05, 0) is 38.3 Å². The first-order valence-corrected chi connectivity index (χ1v) is 4.47. The second-order valence-corrected chi connectivity index (χ2v) is 3.29. The molecule has 2 heteroatoms. The van der Waals surface area contributed by atoms with Crippen molar-refractivity contribution in [1.82, 2.24) is 0 Å². The highest BCUT2D eigenvalue weighted by Gasteiger charge is 2.13. The van der Waals surface area contributed by atoms with Gasteiger partial charge in [-0.3, -0.25) is 4.99 Å². The Balaban J connectivity index is 2.23. The minimum atomic E-state index is 0.471. The third kappa shape index (κ3) is 1.42. The molecule has 1 aromatic rings. The van der Waals surface area contributed by atoms with E-state index < -0.39 is 0 Å². The van der Waals surface area contributed by atoms with Crippen LogP contribution in [0.5, 0.6) is 0 Å². The predicted molar refractivity (Wildman–Crippen MR) is 48.6 cm³/mol. The number of hydrogen-bond acceptors (Lipinski definition) is 2. The van der Waals surface area contributed by atoms with Crippen molar-refractivity contribution < 1.29 is 4.42 Å². The van der Waals surface area contributed by atoms with Crippen molar-refractivity contribution >= 4 is 5.71 Å². The van der Waals surface area contributed by atoms with E-state index in [1.807, 2.05) is 12.1 Å². The third-order valence-electron chi connectivity index (χ3n) is 2.22. The number of hydrogen-bond donors (Lipinski definition) is 0. The molecule has 1 aliphatic rings. The molecule has 1 atom stereocenters. The number of nitrogens with zero attached hydrogens (tertiary/aromatic N) is 1. The van der Waals surface area contributed by atoms with Crippen LogP contribution in [-0.4, -0.2) is 11.8 Å². The van der Waals surface area contributed by atoms with Crippen molar-refractivity contribution in [2.24, 2.45) is 4.99 Å². The van der Waals surface area contributed by atoms with Crippen LogP contribution < -0.4 is 0 Å². The Morgan fingerprint density at radius 3 is 3.17 bits per heavy atom. The minimum Gasteiger partial charge on any atom is -0.463 e. The Bertz CT molecular complexity index is 274. The van der Waals surface area contributed by atoms with Gasteiger partial charge in [0.1, 0.15) is 5.76 Å². The van der Waals surface area contributed by atoms with Gasteiger partial charge in [0, 0.05) is 6.04 Å². The van der Waals surface area contributed by atoms with Gasteiger partial charge in [0.2, 0.25) is 0 Å². The molecule has 0 saturated heterocycles. The fourth-order valence-corrected chi connectivity index (χ4v) is 1.59. The zero-order valence-electron chi connectivity index (χ0n) is 7.29. The average molecular weight is 163 g/mol. The summed E-state index contributed by atoms with van der Waals surface area (Å²) in [7, 11) is 0. The van der Waals surface area contributed by atoms with Crippen LogP contribution in [0.4, 0.5) is 0 Å². The van der Waals surface area contributed by atoms with Crippen molar-refractivity contribution in [2.45, 2.75) is 32.2 Å². The highest BCUT2D eigenvalue weighted by Crippen LogP contribution is 2.17. The number of rotatable bonds is 1. The van der Waals surface area contributed by atoms with E-state index >= 15 is 0 Å². The van der Waals surface area contributed by atoms with Crippen LogP contribution in [0.25, 0.3) is 0 Å². The maximum Gasteiger partial charge on any atom is 0.147 e. The molecule has 0 aromatic carbocycles. The molecule has 2 rings (SSSR count). The van der Waals surface area contributed by atoms with E-state index in [2.05, 4.69) is 11.9 Å². The highest BCUT2D eigenvalue weighted by atomic mass is 16.3. The molecule has 12 heavy (non-hydrogen) atoms. The molecular formula is C10H13NO. The van der Waals surface area contributed by atoms with Crippen LogP contribution in [0.2, 0.25) is 0 Å². The molecule has 1 aliphatic heterocycles. The summed E-state index contributed by atoms with van der Waals surface area (Å²) in [5.41, 5.74) is 1.14. The van der Waals surface area contributed by atoms with Gasteiger partial charge in [0.05, 0.1) is 12.0 Å². The van der Waals surface area contributed by atoms with E-state index in [0.717, 1.165) is 17.9 Å². The van der Waals surface area contributed by atoms with E-state index in [1.165, 1.54) is 12.8 Å². The lowest BCUT2D eigenvalue weighted by molar-refractivity contribution is 0.542. The molecule has 0 radical (unpaired) electrons. The summed E-state index contributed by atoms with van der Waals surface area (Å²) in [4.78, 5) is 4.55. The summed E-state index contributed by atoms with van der Waals surface area (Å²) in [6.45, 7) is 2.15. The van der Waals surface area contributed by atoms with Crippen LogP contribution in [0, 0.1) is 0 Å². The first kappa shape index (κ1) is 7.59. The summed E-state index contributed by atoms with van der Waals surface area (Å²) in [6, 6.07) is 4.37. The van der Waals surface area contributed by atoms with Crippen LogP contribution >= 0.6 is 0 Å². The predicted octanol–water partition coefficient (Wildman–Crippen LogP) is 2.64. The molecule has 0 fully saturated rings. The number of furan rings is 1. The van der Waals surface area contributed by atoms with E-state index in [4.69, 9.17) is 4.42 Å². The van der Waals surface area contributed by atoms with Crippen LogP contribution in [0.3, 0.4) is 0 Å². The maximum atomic E-state index is 5.29. The van der Waals surface area contributed by atoms with Gasteiger partial charge in [-0.15, -0.1) is 0 Å². The van der Waals surface area contributed by atoms with Crippen molar-refractivity contribution in [1.29, 1.82) is 0 Å². The summed E-state index contributed by atoms with van der Waals surface area (Å²) in [6.07, 6.45) is 5.22. The van der Waals surface area contributed by atoms with Crippen molar-refractivity contribution in [3.8, 4) is 0 Å². The topological polar surface area (TPSA) is 25.5 Å². The quantitative estimate of drug-likeness (QED) is 0.624. The fraction of sp³-hybridized carbons (Fsp3) is 0.500. The van der Waals surface area contributed by atoms with Gasteiger partial charge in [-0.1, -0.05) is 0 Å². The summed E-state index contributed by atoms with van der Waals surface area (Å²) in [5.74, 6) is 0.946. The maximum absolute atomic E-state index is 5.29. The molecule has 1 aromatic heterocycles. The molecule has 1 unspecified atom stereocenters. The normalized spacial score (nSPS) is 23.8. The van der Waals surface area contributed by atoms with Gasteiger partial charge in [-0.2, -0.15) is 0 Å². The van der Waals surface area contributed by atoms with Crippen molar-refractivity contribution in [3.63, 3.8) is 0 Å². The largest absolute Gasteiger partial charge is 0.463 e. The zero-order valence-corrected chi connectivity index (χ0v) is 7.29. The standard InChI is InChI=1S/C10H13NO/c1-8-4-2-5-9(11-8)10-6-3-7-12-10/h3,6-8H,2,4-5H2,1H3. The highest BCUT2D eigenvalue weighted by molar-refractivity contribution is 5.98. The second kappa shape index (κ2) is 3.13. The Labute approximate surface area is 72.3 Å². The van der Waals surface area contributed by atoms with E-state index in [-0.39, 0.29) is 0 Å². The fourth-order valence-electron chi connectivity index (χ4n) is 1.59. The van der Waals surface area contributed by atoms with Crippen LogP contribution in [-0.2, 0) is 0 Å². The molecule has 0 spiro atoms. The van der Waals surface area contributed by atoms with Gasteiger partial charge in [0.15, 0.2) is 0 Å².